The predicted octanol–water partition coefficient (Wildman–Crippen LogP) is 10.0. The van der Waals surface area contributed by atoms with E-state index in [1.165, 1.54) is 12.1 Å². The van der Waals surface area contributed by atoms with Crippen LogP contribution < -0.4 is 9.47 Å². The summed E-state index contributed by atoms with van der Waals surface area (Å²) in [7, 11) is 1.61. The predicted molar refractivity (Wildman–Crippen MR) is 203 cm³/mol. The molecule has 0 fully saturated rings. The van der Waals surface area contributed by atoms with Crippen molar-refractivity contribution >= 4 is 39.5 Å². The van der Waals surface area contributed by atoms with Gasteiger partial charge in [0.2, 0.25) is 5.88 Å². The molecular weight excluding hydrogens is 662 g/mol. The van der Waals surface area contributed by atoms with E-state index < -0.39 is 5.41 Å². The summed E-state index contributed by atoms with van der Waals surface area (Å²) in [4.78, 5) is 23.4. The van der Waals surface area contributed by atoms with E-state index in [0.29, 0.717) is 31.2 Å². The molecule has 0 aliphatic heterocycles. The minimum Gasteiger partial charge on any atom is -0.487 e. The Morgan fingerprint density at radius 2 is 1.67 bits per heavy atom. The number of hydrogen-bond acceptors (Lipinski definition) is 7. The van der Waals surface area contributed by atoms with E-state index >= 15 is 0 Å². The van der Waals surface area contributed by atoms with Gasteiger partial charge in [0, 0.05) is 62.4 Å². The Morgan fingerprint density at radius 3 is 2.35 bits per heavy atom. The minimum absolute atomic E-state index is 0.110. The molecule has 264 valence electrons. The van der Waals surface area contributed by atoms with Crippen LogP contribution >= 0.6 is 11.8 Å². The van der Waals surface area contributed by atoms with E-state index in [4.69, 9.17) is 14.2 Å². The van der Waals surface area contributed by atoms with Crippen molar-refractivity contribution in [2.75, 3.05) is 13.7 Å². The van der Waals surface area contributed by atoms with E-state index in [1.54, 1.807) is 24.9 Å². The van der Waals surface area contributed by atoms with Gasteiger partial charge in [0.1, 0.15) is 18.2 Å². The Bertz CT molecular complexity index is 2170. The van der Waals surface area contributed by atoms with Crippen LogP contribution in [-0.4, -0.2) is 39.0 Å². The first-order valence-electron chi connectivity index (χ1n) is 17.1. The van der Waals surface area contributed by atoms with Gasteiger partial charge in [-0.2, -0.15) is 0 Å². The monoisotopic (exact) mass is 705 g/mol. The highest BCUT2D eigenvalue weighted by atomic mass is 32.2. The lowest BCUT2D eigenvalue weighted by atomic mass is 9.87. The van der Waals surface area contributed by atoms with E-state index in [2.05, 4.69) is 71.7 Å². The number of nitrogens with zero attached hydrogens (tertiary/aromatic N) is 3. The van der Waals surface area contributed by atoms with Gasteiger partial charge < -0.3 is 18.8 Å². The smallest absolute Gasteiger partial charge is 0.311 e. The molecule has 0 radical (unpaired) electrons. The number of ether oxygens (including phenoxy) is 3. The summed E-state index contributed by atoms with van der Waals surface area (Å²) >= 11 is 1.79. The number of methoxy groups -OCH3 is 1. The van der Waals surface area contributed by atoms with Crippen LogP contribution in [0.1, 0.15) is 58.5 Å². The Hall–Kier alpha value is -4.89. The third-order valence-electron chi connectivity index (χ3n) is 8.61. The summed E-state index contributed by atoms with van der Waals surface area (Å²) < 4.78 is 33.0. The molecule has 0 saturated heterocycles. The molecular formula is C42H44FN3O4S. The Balaban J connectivity index is 1.39. The number of fused-ring (bicyclic) bond motifs is 2. The zero-order valence-corrected chi connectivity index (χ0v) is 31.1. The maximum atomic E-state index is 13.7. The fourth-order valence-corrected chi connectivity index (χ4v) is 7.26. The van der Waals surface area contributed by atoms with E-state index in [1.807, 2.05) is 57.3 Å². The lowest BCUT2D eigenvalue weighted by molar-refractivity contribution is -0.153. The molecule has 3 aromatic carbocycles. The summed E-state index contributed by atoms with van der Waals surface area (Å²) in [5.41, 5.74) is 6.04. The maximum Gasteiger partial charge on any atom is 0.311 e. The van der Waals surface area contributed by atoms with E-state index in [-0.39, 0.29) is 23.1 Å². The van der Waals surface area contributed by atoms with Gasteiger partial charge in [0.25, 0.3) is 0 Å². The van der Waals surface area contributed by atoms with E-state index in [9.17, 15) is 9.18 Å². The quantitative estimate of drug-likeness (QED) is 0.0927. The van der Waals surface area contributed by atoms with Crippen molar-refractivity contribution in [3.8, 4) is 22.8 Å². The molecule has 6 rings (SSSR count). The van der Waals surface area contributed by atoms with Gasteiger partial charge in [-0.25, -0.2) is 14.4 Å². The Labute approximate surface area is 303 Å². The molecule has 7 nitrogen and oxygen atoms in total. The second-order valence-corrected chi connectivity index (χ2v) is 16.1. The van der Waals surface area contributed by atoms with Crippen LogP contribution in [0.4, 0.5) is 4.39 Å². The van der Waals surface area contributed by atoms with Crippen LogP contribution in [0.3, 0.4) is 0 Å². The van der Waals surface area contributed by atoms with Gasteiger partial charge in [-0.05, 0) is 80.4 Å². The normalized spacial score (nSPS) is 12.0. The highest BCUT2D eigenvalue weighted by Gasteiger charge is 2.34. The molecule has 0 unspecified atom stereocenters. The summed E-state index contributed by atoms with van der Waals surface area (Å²) in [5.74, 6) is 0.782. The maximum absolute atomic E-state index is 13.7. The fraction of sp³-hybridized carbons (Fsp3) is 0.310. The van der Waals surface area contributed by atoms with Gasteiger partial charge >= 0.3 is 5.97 Å². The third kappa shape index (κ3) is 8.37. The number of benzene rings is 3. The van der Waals surface area contributed by atoms with Gasteiger partial charge in [0.15, 0.2) is 0 Å². The van der Waals surface area contributed by atoms with Gasteiger partial charge in [-0.15, -0.1) is 11.8 Å². The molecule has 0 amide bonds. The molecule has 0 bridgehead atoms. The summed E-state index contributed by atoms with van der Waals surface area (Å²) in [6.45, 7) is 13.5. The topological polar surface area (TPSA) is 75.5 Å². The average molecular weight is 706 g/mol. The van der Waals surface area contributed by atoms with Crippen molar-refractivity contribution in [2.24, 2.45) is 5.41 Å². The largest absolute Gasteiger partial charge is 0.487 e. The van der Waals surface area contributed by atoms with Crippen LogP contribution in [-0.2, 0) is 29.1 Å². The molecule has 0 aliphatic carbocycles. The summed E-state index contributed by atoms with van der Waals surface area (Å²) in [5, 5.41) is 1.81. The van der Waals surface area contributed by atoms with Crippen molar-refractivity contribution in [1.29, 1.82) is 0 Å². The molecule has 3 heterocycles. The number of halogens is 1. The van der Waals surface area contributed by atoms with Crippen molar-refractivity contribution < 1.29 is 23.4 Å². The molecule has 6 aromatic rings. The van der Waals surface area contributed by atoms with Crippen LogP contribution in [0.2, 0.25) is 0 Å². The van der Waals surface area contributed by atoms with Crippen molar-refractivity contribution in [2.45, 2.75) is 70.8 Å². The number of aromatic nitrogens is 3. The Morgan fingerprint density at radius 1 is 0.902 bits per heavy atom. The zero-order chi connectivity index (χ0) is 36.3. The molecule has 0 saturated carbocycles. The van der Waals surface area contributed by atoms with Crippen molar-refractivity contribution in [1.82, 2.24) is 14.5 Å². The van der Waals surface area contributed by atoms with Crippen LogP contribution in [0, 0.1) is 11.2 Å². The molecule has 0 spiro atoms. The van der Waals surface area contributed by atoms with Gasteiger partial charge in [-0.3, -0.25) is 4.79 Å². The number of thioether (sulfide) groups is 1. The molecule has 0 aliphatic rings. The second-order valence-electron chi connectivity index (χ2n) is 14.3. The van der Waals surface area contributed by atoms with Crippen LogP contribution in [0.15, 0.2) is 96.0 Å². The standard InChI is InChI=1S/C42H44FN3O4S/c1-8-49-40(47)42(5,6)23-37-39(51-41(2,3)4)34-22-33(50-26-32-16-13-29-21-31(43)15-18-35(29)45-32)17-19-36(34)46(37)25-27-9-11-28(12-10-27)30-14-20-38(48-7)44-24-30/h9-22,24H,8,23,25-26H2,1-7H3. The first-order valence-corrected chi connectivity index (χ1v) is 17.9. The van der Waals surface area contributed by atoms with E-state index in [0.717, 1.165) is 54.8 Å². The summed E-state index contributed by atoms with van der Waals surface area (Å²) in [6.07, 6.45) is 2.31. The van der Waals surface area contributed by atoms with Crippen molar-refractivity contribution in [3.63, 3.8) is 0 Å². The molecule has 3 aromatic heterocycles. The fourth-order valence-electron chi connectivity index (χ4n) is 6.07. The number of esters is 1. The second kappa shape index (κ2) is 14.8. The minimum atomic E-state index is -0.759. The highest BCUT2D eigenvalue weighted by molar-refractivity contribution is 8.00. The average Bonchev–Trinajstić information content (AvgIpc) is 3.36. The lowest BCUT2D eigenvalue weighted by Gasteiger charge is -2.26. The number of rotatable bonds is 12. The Kier molecular flexibility index (Phi) is 10.4. The first kappa shape index (κ1) is 35.9. The van der Waals surface area contributed by atoms with Crippen LogP contribution in [0.5, 0.6) is 11.6 Å². The number of carbonyl (C=O) groups is 1. The molecule has 0 N–H and O–H groups in total. The van der Waals surface area contributed by atoms with Gasteiger partial charge in [0.05, 0.1) is 30.3 Å². The zero-order valence-electron chi connectivity index (χ0n) is 30.2. The lowest BCUT2D eigenvalue weighted by Crippen LogP contribution is -2.30. The van der Waals surface area contributed by atoms with Gasteiger partial charge in [-0.1, -0.05) is 51.1 Å². The molecule has 51 heavy (non-hydrogen) atoms. The van der Waals surface area contributed by atoms with Crippen LogP contribution in [0.25, 0.3) is 32.9 Å². The molecule has 9 heteroatoms. The number of hydrogen-bond donors (Lipinski definition) is 0. The highest BCUT2D eigenvalue weighted by Crippen LogP contribution is 2.44. The first-order chi connectivity index (χ1) is 24.3. The number of carbonyl (C=O) groups excluding carboxylic acids is 1. The number of pyridine rings is 2. The SMILES string of the molecule is CCOC(=O)C(C)(C)Cc1c(SC(C)(C)C)c2cc(OCc3ccc4cc(F)ccc4n3)ccc2n1Cc1ccc(-c2ccc(OC)nc2)cc1. The van der Waals surface area contributed by atoms with Crippen molar-refractivity contribution in [3.05, 3.63) is 114 Å². The third-order valence-corrected chi connectivity index (χ3v) is 9.88. The summed E-state index contributed by atoms with van der Waals surface area (Å²) in [6, 6.07) is 26.9. The molecule has 0 atom stereocenters.